The number of carbonyl (C=O) groups is 2. The predicted octanol–water partition coefficient (Wildman–Crippen LogP) is 2.85. The number of hydrogen-bond acceptors (Lipinski definition) is 10. The summed E-state index contributed by atoms with van der Waals surface area (Å²) in [7, 11) is 3.10. The number of ether oxygens (including phenoxy) is 2. The second kappa shape index (κ2) is 17.7. The minimum Gasteiger partial charge on any atom is -1.00 e. The lowest BCUT2D eigenvalue weighted by Crippen LogP contribution is -3.00. The normalized spacial score (nSPS) is 13.2. The van der Waals surface area contributed by atoms with Gasteiger partial charge in [-0.2, -0.15) is 9.83 Å². The number of nitriles is 1. The third kappa shape index (κ3) is 9.53. The van der Waals surface area contributed by atoms with Gasteiger partial charge in [0.05, 0.1) is 34.6 Å². The van der Waals surface area contributed by atoms with Crippen LogP contribution >= 0.6 is 22.9 Å². The summed E-state index contributed by atoms with van der Waals surface area (Å²) in [4.78, 5) is 31.1. The standard InChI is InChI=1S/C36H35ClF2N7O5S.ClH/c1-22(34-43-31(18-52-34)25-7-5-24(15-40)6-8-25)36(49,29-14-28(38)11-12-30(29)39)19-46-21-45(20-42-46)23(2)51-35(48)44(4)32-13-27(37)10-9-26(32)17-50-33(47)16-41-3;/h5-14,18,20-23,41,49H,16-17,19H2,1-4H3;1H/q+1;/p-1/t22-,23?,36+;/m0./s1. The van der Waals surface area contributed by atoms with E-state index in [0.29, 0.717) is 32.5 Å². The van der Waals surface area contributed by atoms with E-state index in [4.69, 9.17) is 31.3 Å². The molecule has 3 aromatic carbocycles. The summed E-state index contributed by atoms with van der Waals surface area (Å²) < 4.78 is 43.6. The fourth-order valence-electron chi connectivity index (χ4n) is 5.39. The summed E-state index contributed by atoms with van der Waals surface area (Å²) in [6.07, 6.45) is 1.16. The Morgan fingerprint density at radius 1 is 1.17 bits per heavy atom. The van der Waals surface area contributed by atoms with Crippen LogP contribution in [-0.2, 0) is 33.0 Å². The Labute approximate surface area is 319 Å². The van der Waals surface area contributed by atoms with Crippen molar-refractivity contribution < 1.29 is 49.9 Å². The van der Waals surface area contributed by atoms with Gasteiger partial charge in [0.1, 0.15) is 30.4 Å². The van der Waals surface area contributed by atoms with Crippen LogP contribution in [0.1, 0.15) is 47.7 Å². The van der Waals surface area contributed by atoms with Crippen LogP contribution in [0.2, 0.25) is 5.02 Å². The van der Waals surface area contributed by atoms with Gasteiger partial charge < -0.3 is 32.3 Å². The molecule has 53 heavy (non-hydrogen) atoms. The molecular weight excluding hydrogens is 751 g/mol. The van der Waals surface area contributed by atoms with Crippen LogP contribution in [0.25, 0.3) is 11.3 Å². The molecule has 0 aliphatic rings. The van der Waals surface area contributed by atoms with Crippen LogP contribution in [0, 0.1) is 23.0 Å². The van der Waals surface area contributed by atoms with Gasteiger partial charge in [0.15, 0.2) is 0 Å². The van der Waals surface area contributed by atoms with Crippen molar-refractivity contribution in [1.29, 1.82) is 5.26 Å². The molecule has 0 aliphatic carbocycles. The lowest BCUT2D eigenvalue weighted by atomic mass is 9.82. The molecule has 0 saturated carbocycles. The van der Waals surface area contributed by atoms with Gasteiger partial charge in [-0.25, -0.2) is 18.6 Å². The maximum absolute atomic E-state index is 15.4. The number of hydrogen-bond donors (Lipinski definition) is 2. The van der Waals surface area contributed by atoms with Crippen LogP contribution < -0.4 is 27.2 Å². The number of esters is 1. The van der Waals surface area contributed by atoms with E-state index in [9.17, 15) is 19.1 Å². The summed E-state index contributed by atoms with van der Waals surface area (Å²) in [5.41, 5.74) is 0.382. The molecule has 0 aliphatic heterocycles. The number of benzene rings is 3. The van der Waals surface area contributed by atoms with Gasteiger partial charge in [0.2, 0.25) is 12.6 Å². The Morgan fingerprint density at radius 2 is 1.91 bits per heavy atom. The third-order valence-electron chi connectivity index (χ3n) is 8.40. The number of anilines is 1. The average molecular weight is 787 g/mol. The van der Waals surface area contributed by atoms with E-state index in [-0.39, 0.29) is 37.7 Å². The fourth-order valence-corrected chi connectivity index (χ4v) is 6.53. The van der Waals surface area contributed by atoms with E-state index in [1.165, 1.54) is 45.2 Å². The number of likely N-dealkylation sites (N-methyl/N-ethyl adjacent to an activating group) is 1. The van der Waals surface area contributed by atoms with Gasteiger partial charge in [-0.15, -0.1) is 16.0 Å². The number of aromatic nitrogens is 4. The second-order valence-electron chi connectivity index (χ2n) is 11.9. The molecule has 3 atom stereocenters. The number of nitrogens with zero attached hydrogens (tertiary/aromatic N) is 6. The zero-order chi connectivity index (χ0) is 37.6. The quantitative estimate of drug-likeness (QED) is 0.136. The highest BCUT2D eigenvalue weighted by atomic mass is 35.5. The van der Waals surface area contributed by atoms with Gasteiger partial charge >= 0.3 is 12.1 Å². The highest BCUT2D eigenvalue weighted by molar-refractivity contribution is 7.10. The summed E-state index contributed by atoms with van der Waals surface area (Å²) in [6.45, 7) is 2.84. The molecule has 0 spiro atoms. The molecule has 0 bridgehead atoms. The minimum absolute atomic E-state index is 0. The Balaban J connectivity index is 0.00000627. The third-order valence-corrected chi connectivity index (χ3v) is 9.66. The van der Waals surface area contributed by atoms with Gasteiger partial charge in [-0.05, 0) is 49.5 Å². The van der Waals surface area contributed by atoms with Gasteiger partial charge in [-0.3, -0.25) is 9.69 Å². The van der Waals surface area contributed by atoms with E-state index >= 15 is 4.39 Å². The Bertz CT molecular complexity index is 2110. The smallest absolute Gasteiger partial charge is 0.416 e. The first kappa shape index (κ1) is 40.8. The van der Waals surface area contributed by atoms with Gasteiger partial charge in [0, 0.05) is 52.1 Å². The molecule has 0 fully saturated rings. The van der Waals surface area contributed by atoms with Crippen LogP contribution in [-0.4, -0.2) is 52.6 Å². The molecule has 0 saturated heterocycles. The van der Waals surface area contributed by atoms with E-state index in [1.807, 2.05) is 0 Å². The van der Waals surface area contributed by atoms with E-state index in [2.05, 4.69) is 16.5 Å². The molecule has 17 heteroatoms. The number of thiazole rings is 1. The zero-order valence-electron chi connectivity index (χ0n) is 29.0. The second-order valence-corrected chi connectivity index (χ2v) is 13.3. The number of carbonyl (C=O) groups excluding carboxylic acids is 2. The molecular formula is C36H35Cl2F2N7O5S. The summed E-state index contributed by atoms with van der Waals surface area (Å²) in [5.74, 6) is -2.88. The van der Waals surface area contributed by atoms with Crippen molar-refractivity contribution in [3.8, 4) is 17.3 Å². The topological polar surface area (TPSA) is 146 Å². The molecule has 2 aromatic heterocycles. The highest BCUT2D eigenvalue weighted by Crippen LogP contribution is 2.41. The van der Waals surface area contributed by atoms with Crippen LogP contribution in [0.15, 0.2) is 78.7 Å². The molecule has 2 heterocycles. The minimum atomic E-state index is -2.05. The number of amides is 1. The Morgan fingerprint density at radius 3 is 2.60 bits per heavy atom. The van der Waals surface area contributed by atoms with Gasteiger partial charge in [-0.1, -0.05) is 36.7 Å². The van der Waals surface area contributed by atoms with Crippen molar-refractivity contribution in [2.24, 2.45) is 0 Å². The molecule has 1 amide bonds. The molecule has 1 unspecified atom stereocenters. The van der Waals surface area contributed by atoms with Crippen LogP contribution in [0.5, 0.6) is 0 Å². The van der Waals surface area contributed by atoms with Crippen molar-refractivity contribution in [2.75, 3.05) is 25.5 Å². The van der Waals surface area contributed by atoms with Crippen molar-refractivity contribution in [2.45, 2.75) is 44.7 Å². The van der Waals surface area contributed by atoms with Crippen molar-refractivity contribution in [3.63, 3.8) is 0 Å². The first-order valence-electron chi connectivity index (χ1n) is 15.9. The zero-order valence-corrected chi connectivity index (χ0v) is 31.3. The lowest BCUT2D eigenvalue weighted by Gasteiger charge is -2.32. The number of halogens is 4. The van der Waals surface area contributed by atoms with E-state index < -0.39 is 41.4 Å². The summed E-state index contributed by atoms with van der Waals surface area (Å²) in [6, 6.07) is 16.6. The lowest BCUT2D eigenvalue weighted by molar-refractivity contribution is -0.753. The predicted molar refractivity (Wildman–Crippen MR) is 188 cm³/mol. The summed E-state index contributed by atoms with van der Waals surface area (Å²) >= 11 is 7.45. The molecule has 278 valence electrons. The van der Waals surface area contributed by atoms with Crippen molar-refractivity contribution >= 4 is 40.7 Å². The number of rotatable bonds is 13. The maximum Gasteiger partial charge on any atom is 0.416 e. The molecule has 2 N–H and O–H groups in total. The van der Waals surface area contributed by atoms with Crippen molar-refractivity contribution in [1.82, 2.24) is 20.1 Å². The largest absolute Gasteiger partial charge is 1.00 e. The SMILES string of the molecule is CNCC(=O)OCc1ccc(Cl)cc1N(C)C(=O)OC(C)[n+]1cnn(C[C@](O)(c2cc(F)ccc2F)[C@@H](C)c2nc(-c3ccc(C#N)cc3)cs2)c1.[Cl-]. The maximum atomic E-state index is 15.4. The molecule has 0 radical (unpaired) electrons. The van der Waals surface area contributed by atoms with Gasteiger partial charge in [0.25, 0.3) is 6.33 Å². The monoisotopic (exact) mass is 785 g/mol. The Kier molecular flexibility index (Phi) is 13.6. The molecule has 5 rings (SSSR count). The first-order valence-corrected chi connectivity index (χ1v) is 17.2. The fraction of sp³-hybridized carbons (Fsp3) is 0.278. The average Bonchev–Trinajstić information content (AvgIpc) is 3.82. The van der Waals surface area contributed by atoms with Crippen LogP contribution in [0.4, 0.5) is 19.3 Å². The number of nitrogens with one attached hydrogen (secondary N) is 1. The number of aliphatic hydroxyl groups is 1. The van der Waals surface area contributed by atoms with E-state index in [1.54, 1.807) is 68.7 Å². The van der Waals surface area contributed by atoms with E-state index in [0.717, 1.165) is 23.8 Å². The molecule has 12 nitrogen and oxygen atoms in total. The first-order chi connectivity index (χ1) is 24.8. The Hall–Kier alpha value is -4.98. The molecule has 5 aromatic rings. The van der Waals surface area contributed by atoms with Crippen LogP contribution in [0.3, 0.4) is 0 Å². The highest BCUT2D eigenvalue weighted by Gasteiger charge is 2.43. The summed E-state index contributed by atoms with van der Waals surface area (Å²) in [5, 5.41) is 31.0. The van der Waals surface area contributed by atoms with Crippen molar-refractivity contribution in [3.05, 3.63) is 117 Å².